The number of halogens is 1. The summed E-state index contributed by atoms with van der Waals surface area (Å²) in [5.74, 6) is 1.25. The number of rotatable bonds is 4. The Morgan fingerprint density at radius 1 is 1.53 bits per heavy atom. The summed E-state index contributed by atoms with van der Waals surface area (Å²) in [6, 6.07) is 0. The number of thiazole rings is 1. The molecule has 0 atom stereocenters. The largest absolute Gasteiger partial charge is 0.342 e. The van der Waals surface area contributed by atoms with Crippen LogP contribution in [0.1, 0.15) is 18.7 Å². The van der Waals surface area contributed by atoms with Crippen LogP contribution in [0.3, 0.4) is 0 Å². The summed E-state index contributed by atoms with van der Waals surface area (Å²) in [4.78, 5) is 21.8. The molecule has 100 valence electrons. The fourth-order valence-electron chi connectivity index (χ4n) is 1.97. The maximum Gasteiger partial charge on any atom is 0.231 e. The third-order valence-corrected chi connectivity index (χ3v) is 4.38. The number of nitrogens with zero attached hydrogens (tertiary/aromatic N) is 4. The Morgan fingerprint density at radius 2 is 2.42 bits per heavy atom. The van der Waals surface area contributed by atoms with Crippen molar-refractivity contribution < 1.29 is 9.32 Å². The minimum absolute atomic E-state index is 0.212. The second-order valence-electron chi connectivity index (χ2n) is 4.22. The SMILES string of the molecule is O=C1CCCN1CCc1nc(-c2ncc(Br)s2)no1. The van der Waals surface area contributed by atoms with E-state index in [1.54, 1.807) is 6.20 Å². The zero-order chi connectivity index (χ0) is 13.2. The topological polar surface area (TPSA) is 72.1 Å². The van der Waals surface area contributed by atoms with Gasteiger partial charge >= 0.3 is 0 Å². The molecule has 1 saturated heterocycles. The third kappa shape index (κ3) is 2.84. The molecular weight excluding hydrogens is 332 g/mol. The number of hydrogen-bond acceptors (Lipinski definition) is 6. The molecule has 1 amide bonds. The Labute approximate surface area is 122 Å². The van der Waals surface area contributed by atoms with Crippen LogP contribution >= 0.6 is 27.3 Å². The van der Waals surface area contributed by atoms with Crippen molar-refractivity contribution in [3.05, 3.63) is 15.9 Å². The van der Waals surface area contributed by atoms with Gasteiger partial charge in [0.05, 0.1) is 9.98 Å². The van der Waals surface area contributed by atoms with Gasteiger partial charge in [-0.15, -0.1) is 11.3 Å². The zero-order valence-electron chi connectivity index (χ0n) is 10.0. The first-order valence-electron chi connectivity index (χ1n) is 5.94. The molecule has 6 nitrogen and oxygen atoms in total. The highest BCUT2D eigenvalue weighted by Crippen LogP contribution is 2.26. The van der Waals surface area contributed by atoms with Gasteiger partial charge in [0.15, 0.2) is 5.01 Å². The van der Waals surface area contributed by atoms with E-state index < -0.39 is 0 Å². The average molecular weight is 343 g/mol. The van der Waals surface area contributed by atoms with Gasteiger partial charge in [-0.1, -0.05) is 5.16 Å². The van der Waals surface area contributed by atoms with Crippen molar-refractivity contribution in [2.75, 3.05) is 13.1 Å². The smallest absolute Gasteiger partial charge is 0.231 e. The van der Waals surface area contributed by atoms with Crippen LogP contribution in [0.5, 0.6) is 0 Å². The van der Waals surface area contributed by atoms with Crippen molar-refractivity contribution in [3.63, 3.8) is 0 Å². The molecule has 0 aromatic carbocycles. The molecule has 3 heterocycles. The molecule has 1 aliphatic rings. The molecule has 2 aromatic rings. The molecule has 2 aromatic heterocycles. The number of carbonyl (C=O) groups excluding carboxylic acids is 1. The highest BCUT2D eigenvalue weighted by Gasteiger charge is 2.20. The molecule has 8 heteroatoms. The van der Waals surface area contributed by atoms with Crippen LogP contribution in [0.4, 0.5) is 0 Å². The highest BCUT2D eigenvalue weighted by molar-refractivity contribution is 9.11. The van der Waals surface area contributed by atoms with Crippen molar-refractivity contribution in [3.8, 4) is 10.8 Å². The first-order valence-corrected chi connectivity index (χ1v) is 7.55. The van der Waals surface area contributed by atoms with E-state index in [0.717, 1.165) is 21.8 Å². The molecular formula is C11H11BrN4O2S. The fraction of sp³-hybridized carbons (Fsp3) is 0.455. The standard InChI is InChI=1S/C11H11BrN4O2S/c12-7-6-13-11(19-7)10-14-8(18-15-10)3-5-16-4-1-2-9(16)17/h6H,1-5H2. The molecule has 0 saturated carbocycles. The third-order valence-electron chi connectivity index (χ3n) is 2.90. The summed E-state index contributed by atoms with van der Waals surface area (Å²) in [7, 11) is 0. The molecule has 3 rings (SSSR count). The highest BCUT2D eigenvalue weighted by atomic mass is 79.9. The lowest BCUT2D eigenvalue weighted by Crippen LogP contribution is -2.26. The Balaban J connectivity index is 1.63. The molecule has 0 N–H and O–H groups in total. The second-order valence-corrected chi connectivity index (χ2v) is 6.63. The van der Waals surface area contributed by atoms with Gasteiger partial charge < -0.3 is 9.42 Å². The molecule has 1 fully saturated rings. The molecule has 1 aliphatic heterocycles. The van der Waals surface area contributed by atoms with Gasteiger partial charge in [-0.2, -0.15) is 4.98 Å². The van der Waals surface area contributed by atoms with E-state index >= 15 is 0 Å². The monoisotopic (exact) mass is 342 g/mol. The van der Waals surface area contributed by atoms with Gasteiger partial charge in [0.2, 0.25) is 17.6 Å². The average Bonchev–Trinajstić information content (AvgIpc) is 3.08. The van der Waals surface area contributed by atoms with Crippen LogP contribution < -0.4 is 0 Å². The van der Waals surface area contributed by atoms with Crippen LogP contribution in [0.2, 0.25) is 0 Å². The van der Waals surface area contributed by atoms with Gasteiger partial charge in [0.1, 0.15) is 0 Å². The summed E-state index contributed by atoms with van der Waals surface area (Å²) in [6.07, 6.45) is 3.90. The summed E-state index contributed by atoms with van der Waals surface area (Å²) in [5.41, 5.74) is 0. The summed E-state index contributed by atoms with van der Waals surface area (Å²) in [6.45, 7) is 1.47. The molecule has 0 spiro atoms. The van der Waals surface area contributed by atoms with Crippen molar-refractivity contribution in [2.45, 2.75) is 19.3 Å². The maximum atomic E-state index is 11.5. The van der Waals surface area contributed by atoms with Gasteiger partial charge in [-0.05, 0) is 22.4 Å². The molecule has 0 aliphatic carbocycles. The number of carbonyl (C=O) groups is 1. The fourth-order valence-corrected chi connectivity index (χ4v) is 3.10. The second kappa shape index (κ2) is 5.38. The van der Waals surface area contributed by atoms with E-state index in [0.29, 0.717) is 31.1 Å². The number of amides is 1. The minimum atomic E-state index is 0.212. The Kier molecular flexibility index (Phi) is 3.61. The van der Waals surface area contributed by atoms with E-state index in [1.807, 2.05) is 4.90 Å². The number of aromatic nitrogens is 3. The minimum Gasteiger partial charge on any atom is -0.342 e. The van der Waals surface area contributed by atoms with E-state index in [4.69, 9.17) is 4.52 Å². The van der Waals surface area contributed by atoms with Crippen molar-refractivity contribution in [1.29, 1.82) is 0 Å². The van der Waals surface area contributed by atoms with Gasteiger partial charge in [-0.3, -0.25) is 4.79 Å². The van der Waals surface area contributed by atoms with Crippen LogP contribution in [0.25, 0.3) is 10.8 Å². The molecule has 0 bridgehead atoms. The Bertz CT molecular complexity index is 597. The van der Waals surface area contributed by atoms with Gasteiger partial charge in [0, 0.05) is 25.9 Å². The maximum absolute atomic E-state index is 11.5. The van der Waals surface area contributed by atoms with Crippen molar-refractivity contribution in [2.24, 2.45) is 0 Å². The van der Waals surface area contributed by atoms with E-state index in [-0.39, 0.29) is 5.91 Å². The number of hydrogen-bond donors (Lipinski definition) is 0. The van der Waals surface area contributed by atoms with Crippen LogP contribution in [0.15, 0.2) is 14.5 Å². The Hall–Kier alpha value is -1.28. The van der Waals surface area contributed by atoms with E-state index in [9.17, 15) is 4.79 Å². The predicted octanol–water partition coefficient (Wildman–Crippen LogP) is 2.12. The lowest BCUT2D eigenvalue weighted by Gasteiger charge is -2.13. The number of likely N-dealkylation sites (tertiary alicyclic amines) is 1. The molecule has 0 radical (unpaired) electrons. The summed E-state index contributed by atoms with van der Waals surface area (Å²) in [5, 5.41) is 4.62. The first-order chi connectivity index (χ1) is 9.22. The predicted molar refractivity (Wildman–Crippen MR) is 72.6 cm³/mol. The van der Waals surface area contributed by atoms with E-state index in [1.165, 1.54) is 11.3 Å². The van der Waals surface area contributed by atoms with Crippen molar-refractivity contribution >= 4 is 33.2 Å². The lowest BCUT2D eigenvalue weighted by atomic mass is 10.4. The quantitative estimate of drug-likeness (QED) is 0.850. The van der Waals surface area contributed by atoms with Crippen LogP contribution in [-0.2, 0) is 11.2 Å². The van der Waals surface area contributed by atoms with Crippen LogP contribution in [-0.4, -0.2) is 39.0 Å². The van der Waals surface area contributed by atoms with Gasteiger partial charge in [0.25, 0.3) is 0 Å². The molecule has 19 heavy (non-hydrogen) atoms. The summed E-state index contributed by atoms with van der Waals surface area (Å²) < 4.78 is 6.10. The normalized spacial score (nSPS) is 15.4. The van der Waals surface area contributed by atoms with Crippen molar-refractivity contribution in [1.82, 2.24) is 20.0 Å². The van der Waals surface area contributed by atoms with Crippen LogP contribution in [0, 0.1) is 0 Å². The lowest BCUT2D eigenvalue weighted by molar-refractivity contribution is -0.127. The summed E-state index contributed by atoms with van der Waals surface area (Å²) >= 11 is 4.80. The Morgan fingerprint density at radius 3 is 3.11 bits per heavy atom. The molecule has 0 unspecified atom stereocenters. The van der Waals surface area contributed by atoms with E-state index in [2.05, 4.69) is 31.1 Å². The first kappa shape index (κ1) is 12.7. The van der Waals surface area contributed by atoms with Gasteiger partial charge in [-0.25, -0.2) is 4.98 Å². The zero-order valence-corrected chi connectivity index (χ0v) is 12.4.